The van der Waals surface area contributed by atoms with E-state index in [4.69, 9.17) is 0 Å². The molecule has 4 N–H and O–H groups in total. The van der Waals surface area contributed by atoms with Crippen LogP contribution in [0.25, 0.3) is 0 Å². The normalized spacial score (nSPS) is 11.0. The quantitative estimate of drug-likeness (QED) is 0.634. The second-order valence-electron chi connectivity index (χ2n) is 4.88. The minimum absolute atomic E-state index is 0.389. The van der Waals surface area contributed by atoms with E-state index in [0.717, 1.165) is 0 Å². The summed E-state index contributed by atoms with van der Waals surface area (Å²) in [6.07, 6.45) is 0. The van der Waals surface area contributed by atoms with Gasteiger partial charge in [-0.1, -0.05) is 48.5 Å². The van der Waals surface area contributed by atoms with Crippen molar-refractivity contribution in [3.05, 3.63) is 71.8 Å². The van der Waals surface area contributed by atoms with Gasteiger partial charge in [-0.2, -0.15) is 0 Å². The van der Waals surface area contributed by atoms with Gasteiger partial charge >= 0.3 is 6.03 Å². The molecule has 1 atom stereocenters. The Morgan fingerprint density at radius 2 is 1.42 bits per heavy atom. The van der Waals surface area contributed by atoms with Crippen molar-refractivity contribution in [3.63, 3.8) is 0 Å². The van der Waals surface area contributed by atoms with Crippen molar-refractivity contribution in [1.82, 2.24) is 21.5 Å². The number of nitrogens with one attached hydrogen (secondary N) is 4. The first kappa shape index (κ1) is 17.0. The average Bonchev–Trinajstić information content (AvgIpc) is 2.65. The lowest BCUT2D eigenvalue weighted by Crippen LogP contribution is -2.50. The fourth-order valence-electron chi connectivity index (χ4n) is 2.00. The Hall–Kier alpha value is -3.35. The van der Waals surface area contributed by atoms with Crippen LogP contribution >= 0.6 is 0 Å². The molecule has 24 heavy (non-hydrogen) atoms. The lowest BCUT2D eigenvalue weighted by molar-refractivity contribution is -0.123. The van der Waals surface area contributed by atoms with E-state index in [1.807, 2.05) is 0 Å². The first-order chi connectivity index (χ1) is 11.6. The topological polar surface area (TPSA) is 99.3 Å². The van der Waals surface area contributed by atoms with Crippen LogP contribution in [0.5, 0.6) is 0 Å². The molecule has 2 aromatic carbocycles. The van der Waals surface area contributed by atoms with Crippen LogP contribution in [0, 0.1) is 0 Å². The number of amides is 4. The molecule has 4 amide bonds. The molecular weight excluding hydrogens is 308 g/mol. The zero-order chi connectivity index (χ0) is 17.4. The van der Waals surface area contributed by atoms with E-state index >= 15 is 0 Å². The number of rotatable bonds is 4. The number of urea groups is 1. The summed E-state index contributed by atoms with van der Waals surface area (Å²) in [5, 5.41) is 4.98. The minimum Gasteiger partial charge on any atom is -0.340 e. The second kappa shape index (κ2) is 8.33. The third kappa shape index (κ3) is 4.57. The van der Waals surface area contributed by atoms with Crippen LogP contribution < -0.4 is 21.5 Å². The van der Waals surface area contributed by atoms with Crippen molar-refractivity contribution >= 4 is 17.8 Å². The zero-order valence-corrected chi connectivity index (χ0v) is 13.1. The first-order valence-electron chi connectivity index (χ1n) is 7.30. The summed E-state index contributed by atoms with van der Waals surface area (Å²) in [4.78, 5) is 35.9. The Morgan fingerprint density at radius 1 is 0.833 bits per heavy atom. The van der Waals surface area contributed by atoms with Crippen molar-refractivity contribution in [2.75, 3.05) is 7.05 Å². The largest absolute Gasteiger partial charge is 0.340 e. The van der Waals surface area contributed by atoms with Crippen LogP contribution in [-0.2, 0) is 4.79 Å². The third-order valence-corrected chi connectivity index (χ3v) is 3.23. The molecular formula is C17H18N4O3. The van der Waals surface area contributed by atoms with Gasteiger partial charge in [0.15, 0.2) is 0 Å². The van der Waals surface area contributed by atoms with Crippen molar-refractivity contribution in [2.24, 2.45) is 0 Å². The average molecular weight is 326 g/mol. The summed E-state index contributed by atoms with van der Waals surface area (Å²) < 4.78 is 0. The molecule has 0 saturated carbocycles. The van der Waals surface area contributed by atoms with Crippen LogP contribution in [0.1, 0.15) is 22.0 Å². The highest BCUT2D eigenvalue weighted by molar-refractivity contribution is 5.98. The fourth-order valence-corrected chi connectivity index (χ4v) is 2.00. The van der Waals surface area contributed by atoms with Crippen LogP contribution in [0.3, 0.4) is 0 Å². The predicted molar refractivity (Wildman–Crippen MR) is 88.8 cm³/mol. The van der Waals surface area contributed by atoms with Gasteiger partial charge < -0.3 is 10.6 Å². The number of carbonyl (C=O) groups excluding carboxylic acids is 3. The molecule has 1 unspecified atom stereocenters. The summed E-state index contributed by atoms with van der Waals surface area (Å²) in [6, 6.07) is 15.8. The van der Waals surface area contributed by atoms with Gasteiger partial charge in [0.25, 0.3) is 11.8 Å². The Kier molecular flexibility index (Phi) is 5.90. The Labute approximate surface area is 139 Å². The number of hydrogen-bond acceptors (Lipinski definition) is 3. The highest BCUT2D eigenvalue weighted by atomic mass is 16.2. The Balaban J connectivity index is 2.16. The Morgan fingerprint density at radius 3 is 2.00 bits per heavy atom. The molecule has 0 fully saturated rings. The molecule has 7 nitrogen and oxygen atoms in total. The van der Waals surface area contributed by atoms with Gasteiger partial charge in [-0.15, -0.1) is 0 Å². The van der Waals surface area contributed by atoms with Crippen molar-refractivity contribution in [3.8, 4) is 0 Å². The summed E-state index contributed by atoms with van der Waals surface area (Å²) in [7, 11) is 1.42. The summed E-state index contributed by atoms with van der Waals surface area (Å²) >= 11 is 0. The molecule has 0 aliphatic carbocycles. The summed E-state index contributed by atoms with van der Waals surface area (Å²) in [5.74, 6) is -0.950. The van der Waals surface area contributed by atoms with Gasteiger partial charge in [0, 0.05) is 12.6 Å². The standard InChI is InChI=1S/C17H18N4O3/c1-18-17(24)21-20-16(23)14(12-8-4-2-5-9-12)19-15(22)13-10-6-3-7-11-13/h2-11,14H,1H3,(H,19,22)(H,20,23)(H2,18,21,24). The van der Waals surface area contributed by atoms with Crippen molar-refractivity contribution in [2.45, 2.75) is 6.04 Å². The number of hydrazine groups is 1. The lowest BCUT2D eigenvalue weighted by Gasteiger charge is -2.19. The maximum absolute atomic E-state index is 12.4. The lowest BCUT2D eigenvalue weighted by atomic mass is 10.1. The molecule has 0 saturated heterocycles. The third-order valence-electron chi connectivity index (χ3n) is 3.23. The van der Waals surface area contributed by atoms with Gasteiger partial charge in [-0.05, 0) is 17.7 Å². The van der Waals surface area contributed by atoms with Gasteiger partial charge in [-0.25, -0.2) is 10.2 Å². The van der Waals surface area contributed by atoms with E-state index in [-0.39, 0.29) is 5.91 Å². The SMILES string of the molecule is CNC(=O)NNC(=O)C(NC(=O)c1ccccc1)c1ccccc1. The molecule has 0 radical (unpaired) electrons. The second-order valence-corrected chi connectivity index (χ2v) is 4.88. The van der Waals surface area contributed by atoms with Gasteiger partial charge in [-0.3, -0.25) is 15.0 Å². The van der Waals surface area contributed by atoms with Gasteiger partial charge in [0.1, 0.15) is 6.04 Å². The van der Waals surface area contributed by atoms with Crippen LogP contribution in [0.2, 0.25) is 0 Å². The number of hydrogen-bond donors (Lipinski definition) is 4. The van der Waals surface area contributed by atoms with E-state index < -0.39 is 18.0 Å². The van der Waals surface area contributed by atoms with Crippen molar-refractivity contribution < 1.29 is 14.4 Å². The molecule has 2 rings (SSSR count). The molecule has 0 aromatic heterocycles. The summed E-state index contributed by atoms with van der Waals surface area (Å²) in [5.41, 5.74) is 5.50. The first-order valence-corrected chi connectivity index (χ1v) is 7.30. The molecule has 0 aliphatic heterocycles. The number of benzene rings is 2. The predicted octanol–water partition coefficient (Wildman–Crippen LogP) is 1.12. The van der Waals surface area contributed by atoms with Crippen LogP contribution in [0.15, 0.2) is 60.7 Å². The molecule has 0 spiro atoms. The minimum atomic E-state index is -0.948. The highest BCUT2D eigenvalue weighted by Crippen LogP contribution is 2.13. The zero-order valence-electron chi connectivity index (χ0n) is 13.1. The molecule has 0 bridgehead atoms. The molecule has 0 heterocycles. The molecule has 2 aromatic rings. The number of carbonyl (C=O) groups is 3. The van der Waals surface area contributed by atoms with Gasteiger partial charge in [0.2, 0.25) is 0 Å². The maximum Gasteiger partial charge on any atom is 0.333 e. The molecule has 124 valence electrons. The van der Waals surface area contributed by atoms with Crippen LogP contribution in [0.4, 0.5) is 4.79 Å². The van der Waals surface area contributed by atoms with E-state index in [9.17, 15) is 14.4 Å². The van der Waals surface area contributed by atoms with E-state index in [1.54, 1.807) is 60.7 Å². The summed E-state index contributed by atoms with van der Waals surface area (Å²) in [6.45, 7) is 0. The monoisotopic (exact) mass is 326 g/mol. The van der Waals surface area contributed by atoms with E-state index in [0.29, 0.717) is 11.1 Å². The van der Waals surface area contributed by atoms with Crippen LogP contribution in [-0.4, -0.2) is 24.9 Å². The van der Waals surface area contributed by atoms with Crippen molar-refractivity contribution in [1.29, 1.82) is 0 Å². The fraction of sp³-hybridized carbons (Fsp3) is 0.118. The highest BCUT2D eigenvalue weighted by Gasteiger charge is 2.23. The molecule has 0 aliphatic rings. The van der Waals surface area contributed by atoms with E-state index in [1.165, 1.54) is 7.05 Å². The Bertz CT molecular complexity index is 704. The molecule has 7 heteroatoms. The smallest absolute Gasteiger partial charge is 0.333 e. The van der Waals surface area contributed by atoms with E-state index in [2.05, 4.69) is 21.5 Å². The maximum atomic E-state index is 12.4. The van der Waals surface area contributed by atoms with Gasteiger partial charge in [0.05, 0.1) is 0 Å².